The van der Waals surface area contributed by atoms with E-state index < -0.39 is 12.3 Å². The summed E-state index contributed by atoms with van der Waals surface area (Å²) >= 11 is 0. The molecular formula is C12H22O5. The third-order valence-electron chi connectivity index (χ3n) is 1.55. The number of ether oxygens (including phenoxy) is 3. The van der Waals surface area contributed by atoms with Gasteiger partial charge in [0, 0.05) is 13.0 Å². The van der Waals surface area contributed by atoms with Gasteiger partial charge in [-0.2, -0.15) is 0 Å². The number of hydrogen-bond acceptors (Lipinski definition) is 5. The molecule has 5 nitrogen and oxygen atoms in total. The monoisotopic (exact) mass is 246 g/mol. The minimum Gasteiger partial charge on any atom is -0.466 e. The molecule has 0 saturated carbocycles. The van der Waals surface area contributed by atoms with Gasteiger partial charge < -0.3 is 14.2 Å². The van der Waals surface area contributed by atoms with Crippen molar-refractivity contribution in [1.82, 2.24) is 0 Å². The van der Waals surface area contributed by atoms with Gasteiger partial charge in [-0.1, -0.05) is 19.9 Å². The summed E-state index contributed by atoms with van der Waals surface area (Å²) in [7, 11) is 1.31. The Morgan fingerprint density at radius 3 is 2.29 bits per heavy atom. The van der Waals surface area contributed by atoms with Gasteiger partial charge >= 0.3 is 11.9 Å². The largest absolute Gasteiger partial charge is 0.466 e. The Bertz CT molecular complexity index is 225. The van der Waals surface area contributed by atoms with Gasteiger partial charge in [0.1, 0.15) is 0 Å². The van der Waals surface area contributed by atoms with Crippen LogP contribution in [0.1, 0.15) is 33.6 Å². The highest BCUT2D eigenvalue weighted by atomic mass is 16.7. The van der Waals surface area contributed by atoms with Crippen molar-refractivity contribution in [2.45, 2.75) is 39.9 Å². The van der Waals surface area contributed by atoms with Crippen LogP contribution < -0.4 is 0 Å². The Kier molecular flexibility index (Phi) is 13.5. The number of esters is 2. The highest BCUT2D eigenvalue weighted by Crippen LogP contribution is 1.96. The summed E-state index contributed by atoms with van der Waals surface area (Å²) in [4.78, 5) is 20.2. The Labute approximate surface area is 103 Å². The maximum atomic E-state index is 10.4. The van der Waals surface area contributed by atoms with E-state index in [-0.39, 0.29) is 5.97 Å². The summed E-state index contributed by atoms with van der Waals surface area (Å²) in [5, 5.41) is 0. The van der Waals surface area contributed by atoms with E-state index in [4.69, 9.17) is 9.47 Å². The fraction of sp³-hybridized carbons (Fsp3) is 0.667. The third-order valence-corrected chi connectivity index (χ3v) is 1.55. The van der Waals surface area contributed by atoms with Gasteiger partial charge in [0.2, 0.25) is 0 Å². The molecule has 0 aromatic rings. The normalized spacial score (nSPS) is 10.6. The van der Waals surface area contributed by atoms with Gasteiger partial charge in [0.25, 0.3) is 0 Å². The molecule has 100 valence electrons. The molecule has 0 aromatic heterocycles. The second-order valence-electron chi connectivity index (χ2n) is 3.13. The molecule has 0 N–H and O–H groups in total. The van der Waals surface area contributed by atoms with Crippen LogP contribution >= 0.6 is 0 Å². The fourth-order valence-corrected chi connectivity index (χ4v) is 0.745. The van der Waals surface area contributed by atoms with Crippen molar-refractivity contribution in [3.63, 3.8) is 0 Å². The van der Waals surface area contributed by atoms with E-state index in [1.165, 1.54) is 14.0 Å². The van der Waals surface area contributed by atoms with Crippen LogP contribution in [-0.2, 0) is 23.8 Å². The maximum absolute atomic E-state index is 10.4. The van der Waals surface area contributed by atoms with Crippen LogP contribution in [0, 0.1) is 0 Å². The molecule has 0 aromatic carbocycles. The first-order chi connectivity index (χ1) is 7.97. The molecule has 17 heavy (non-hydrogen) atoms. The smallest absolute Gasteiger partial charge is 0.329 e. The van der Waals surface area contributed by atoms with Crippen molar-refractivity contribution in [1.29, 1.82) is 0 Å². The molecule has 0 radical (unpaired) electrons. The Balaban J connectivity index is 0. The van der Waals surface area contributed by atoms with Crippen molar-refractivity contribution in [3.8, 4) is 0 Å². The van der Waals surface area contributed by atoms with Crippen molar-refractivity contribution in [3.05, 3.63) is 12.7 Å². The second-order valence-corrected chi connectivity index (χ2v) is 3.13. The minimum atomic E-state index is -0.404. The Hall–Kier alpha value is -1.36. The first kappa shape index (κ1) is 18.0. The van der Waals surface area contributed by atoms with Crippen LogP contribution in [0.4, 0.5) is 0 Å². The number of methoxy groups -OCH3 is 1. The van der Waals surface area contributed by atoms with Crippen molar-refractivity contribution >= 4 is 11.9 Å². The van der Waals surface area contributed by atoms with E-state index in [1.807, 2.05) is 0 Å². The Morgan fingerprint density at radius 1 is 1.41 bits per heavy atom. The van der Waals surface area contributed by atoms with E-state index in [2.05, 4.69) is 18.2 Å². The minimum absolute atomic E-state index is 0.297. The fourth-order valence-electron chi connectivity index (χ4n) is 0.745. The highest BCUT2D eigenvalue weighted by molar-refractivity contribution is 5.80. The number of carbonyl (C=O) groups is 2. The van der Waals surface area contributed by atoms with E-state index >= 15 is 0 Å². The van der Waals surface area contributed by atoms with Gasteiger partial charge in [-0.3, -0.25) is 4.79 Å². The molecule has 0 aliphatic heterocycles. The Morgan fingerprint density at radius 2 is 2.00 bits per heavy atom. The number of unbranched alkanes of at least 4 members (excludes halogenated alkanes) is 1. The molecule has 1 atom stereocenters. The average molecular weight is 246 g/mol. The van der Waals surface area contributed by atoms with Gasteiger partial charge in [-0.05, 0) is 13.3 Å². The zero-order valence-corrected chi connectivity index (χ0v) is 11.0. The maximum Gasteiger partial charge on any atom is 0.329 e. The molecule has 0 fully saturated rings. The highest BCUT2D eigenvalue weighted by Gasteiger charge is 2.03. The van der Waals surface area contributed by atoms with Crippen LogP contribution in [0.5, 0.6) is 0 Å². The van der Waals surface area contributed by atoms with Crippen molar-refractivity contribution in [2.75, 3.05) is 13.7 Å². The lowest BCUT2D eigenvalue weighted by Gasteiger charge is -2.11. The number of rotatable bonds is 6. The second kappa shape index (κ2) is 12.7. The number of hydrogen-bond donors (Lipinski definition) is 0. The molecule has 0 rings (SSSR count). The molecule has 0 bridgehead atoms. The topological polar surface area (TPSA) is 61.8 Å². The zero-order chi connectivity index (χ0) is 13.7. The van der Waals surface area contributed by atoms with Crippen LogP contribution in [-0.4, -0.2) is 31.9 Å². The van der Waals surface area contributed by atoms with Crippen LogP contribution in [0.3, 0.4) is 0 Å². The molecular weight excluding hydrogens is 224 g/mol. The molecule has 0 saturated heterocycles. The molecule has 0 aliphatic rings. The lowest BCUT2D eigenvalue weighted by atomic mass is 10.4. The first-order valence-corrected chi connectivity index (χ1v) is 5.47. The van der Waals surface area contributed by atoms with Crippen LogP contribution in [0.15, 0.2) is 12.7 Å². The first-order valence-electron chi connectivity index (χ1n) is 5.47. The summed E-state index contributed by atoms with van der Waals surface area (Å²) < 4.78 is 14.0. The molecule has 5 heteroatoms. The molecule has 0 amide bonds. The van der Waals surface area contributed by atoms with Crippen molar-refractivity contribution < 1.29 is 23.8 Å². The van der Waals surface area contributed by atoms with Crippen LogP contribution in [0.2, 0.25) is 0 Å². The predicted molar refractivity (Wildman–Crippen MR) is 64.3 cm³/mol. The lowest BCUT2D eigenvalue weighted by Crippen LogP contribution is -2.16. The standard InChI is InChI=1S/C8H16O3.C4H6O2/c1-4-5-6-10-8(3)11-7(2)9;1-3-4(5)6-2/h8H,4-6H2,1-3H3;3H,1H2,2H3. The van der Waals surface area contributed by atoms with Crippen molar-refractivity contribution in [2.24, 2.45) is 0 Å². The van der Waals surface area contributed by atoms with Gasteiger partial charge in [-0.25, -0.2) is 4.79 Å². The van der Waals surface area contributed by atoms with Crippen LogP contribution in [0.25, 0.3) is 0 Å². The number of carbonyl (C=O) groups excluding carboxylic acids is 2. The SMILES string of the molecule is C=CC(=O)OC.CCCCOC(C)OC(C)=O. The quantitative estimate of drug-likeness (QED) is 0.311. The predicted octanol–water partition coefficient (Wildman–Crippen LogP) is 2.06. The average Bonchev–Trinajstić information content (AvgIpc) is 2.28. The summed E-state index contributed by atoms with van der Waals surface area (Å²) in [5.41, 5.74) is 0. The molecule has 0 aliphatic carbocycles. The summed E-state index contributed by atoms with van der Waals surface area (Å²) in [5.74, 6) is -0.691. The van der Waals surface area contributed by atoms with E-state index in [9.17, 15) is 9.59 Å². The lowest BCUT2D eigenvalue weighted by molar-refractivity contribution is -0.172. The van der Waals surface area contributed by atoms with Gasteiger partial charge in [0.15, 0.2) is 6.29 Å². The molecule has 0 spiro atoms. The summed E-state index contributed by atoms with van der Waals surface area (Å²) in [6.07, 6.45) is 2.80. The van der Waals surface area contributed by atoms with E-state index in [1.54, 1.807) is 6.92 Å². The van der Waals surface area contributed by atoms with E-state index in [0.717, 1.165) is 18.9 Å². The third kappa shape index (κ3) is 17.3. The zero-order valence-electron chi connectivity index (χ0n) is 11.0. The van der Waals surface area contributed by atoms with Gasteiger partial charge in [0.05, 0.1) is 13.7 Å². The van der Waals surface area contributed by atoms with Gasteiger partial charge in [-0.15, -0.1) is 0 Å². The van der Waals surface area contributed by atoms with E-state index in [0.29, 0.717) is 6.61 Å². The summed E-state index contributed by atoms with van der Waals surface area (Å²) in [6, 6.07) is 0. The summed E-state index contributed by atoms with van der Waals surface area (Å²) in [6.45, 7) is 8.99. The molecule has 0 heterocycles. The molecule has 1 unspecified atom stereocenters.